The Kier molecular flexibility index (Phi) is 4.52. The average Bonchev–Trinajstić information content (AvgIpc) is 3.42. The second-order valence-corrected chi connectivity index (χ2v) is 7.04. The molecule has 2 aromatic heterocycles. The van der Waals surface area contributed by atoms with Crippen molar-refractivity contribution in [3.8, 4) is 11.5 Å². The maximum Gasteiger partial charge on any atom is 0.311 e. The zero-order valence-corrected chi connectivity index (χ0v) is 16.2. The van der Waals surface area contributed by atoms with Crippen molar-refractivity contribution >= 4 is 27.7 Å². The Balaban J connectivity index is 1.34. The molecule has 1 atom stereocenters. The summed E-state index contributed by atoms with van der Waals surface area (Å²) < 4.78 is 16.9. The van der Waals surface area contributed by atoms with E-state index in [1.807, 2.05) is 66.7 Å². The van der Waals surface area contributed by atoms with Gasteiger partial charge in [-0.05, 0) is 35.9 Å². The molecule has 0 saturated carbocycles. The van der Waals surface area contributed by atoms with Gasteiger partial charge in [0.05, 0.1) is 12.7 Å². The standard InChI is InChI=1S/C24H18N2O4/c1-15(23-25-26-24(30-23)17-8-3-2-4-9-17)29-21(27)13-18-14-28-20-12-11-16-7-5-6-10-19(16)22(18)20/h2-12,14-15H,13H2,1H3/t15-/m0/s1. The van der Waals surface area contributed by atoms with E-state index in [-0.39, 0.29) is 12.3 Å². The van der Waals surface area contributed by atoms with Crippen LogP contribution < -0.4 is 0 Å². The number of rotatable bonds is 5. The molecule has 0 bridgehead atoms. The molecule has 0 spiro atoms. The summed E-state index contributed by atoms with van der Waals surface area (Å²) in [5, 5.41) is 11.1. The van der Waals surface area contributed by atoms with E-state index in [9.17, 15) is 4.79 Å². The summed E-state index contributed by atoms with van der Waals surface area (Å²) in [7, 11) is 0. The van der Waals surface area contributed by atoms with Crippen molar-refractivity contribution in [3.05, 3.63) is 84.4 Å². The van der Waals surface area contributed by atoms with E-state index in [1.54, 1.807) is 13.2 Å². The molecule has 0 unspecified atom stereocenters. The number of esters is 1. The number of benzene rings is 3. The van der Waals surface area contributed by atoms with Crippen LogP contribution in [0.25, 0.3) is 33.2 Å². The molecule has 0 amide bonds. The summed E-state index contributed by atoms with van der Waals surface area (Å²) in [5.41, 5.74) is 2.34. The Morgan fingerprint density at radius 1 is 1.00 bits per heavy atom. The first-order chi connectivity index (χ1) is 14.7. The van der Waals surface area contributed by atoms with Gasteiger partial charge in [-0.15, -0.1) is 10.2 Å². The Morgan fingerprint density at radius 2 is 1.80 bits per heavy atom. The predicted octanol–water partition coefficient (Wildman–Crippen LogP) is 5.48. The molecule has 0 aliphatic rings. The molecule has 6 heteroatoms. The highest BCUT2D eigenvalue weighted by molar-refractivity contribution is 6.08. The van der Waals surface area contributed by atoms with Gasteiger partial charge in [0.25, 0.3) is 5.89 Å². The van der Waals surface area contributed by atoms with Crippen molar-refractivity contribution in [1.29, 1.82) is 0 Å². The van der Waals surface area contributed by atoms with Gasteiger partial charge in [-0.2, -0.15) is 0 Å². The van der Waals surface area contributed by atoms with Crippen LogP contribution in [0.2, 0.25) is 0 Å². The van der Waals surface area contributed by atoms with E-state index in [0.717, 1.165) is 32.9 Å². The lowest BCUT2D eigenvalue weighted by molar-refractivity contribution is -0.148. The molecule has 0 N–H and O–H groups in total. The molecule has 0 aliphatic heterocycles. The number of fused-ring (bicyclic) bond motifs is 3. The molecular formula is C24H18N2O4. The summed E-state index contributed by atoms with van der Waals surface area (Å²) in [4.78, 5) is 12.6. The molecule has 0 radical (unpaired) electrons. The maximum absolute atomic E-state index is 12.6. The number of aromatic nitrogens is 2. The summed E-state index contributed by atoms with van der Waals surface area (Å²) in [6, 6.07) is 21.4. The van der Waals surface area contributed by atoms with Crippen LogP contribution in [0.3, 0.4) is 0 Å². The Bertz CT molecular complexity index is 1340. The minimum Gasteiger partial charge on any atom is -0.464 e. The van der Waals surface area contributed by atoms with Crippen LogP contribution in [-0.4, -0.2) is 16.2 Å². The smallest absolute Gasteiger partial charge is 0.311 e. The van der Waals surface area contributed by atoms with E-state index >= 15 is 0 Å². The summed E-state index contributed by atoms with van der Waals surface area (Å²) >= 11 is 0. The third kappa shape index (κ3) is 3.33. The van der Waals surface area contributed by atoms with Crippen molar-refractivity contribution in [3.63, 3.8) is 0 Å². The summed E-state index contributed by atoms with van der Waals surface area (Å²) in [6.07, 6.45) is 1.05. The Hall–Kier alpha value is -3.93. The monoisotopic (exact) mass is 398 g/mol. The molecule has 5 rings (SSSR count). The number of hydrogen-bond donors (Lipinski definition) is 0. The normalized spacial score (nSPS) is 12.3. The highest BCUT2D eigenvalue weighted by Gasteiger charge is 2.21. The molecule has 148 valence electrons. The fourth-order valence-electron chi connectivity index (χ4n) is 3.55. The number of ether oxygens (including phenoxy) is 1. The van der Waals surface area contributed by atoms with Crippen LogP contribution in [-0.2, 0) is 16.0 Å². The molecule has 2 heterocycles. The lowest BCUT2D eigenvalue weighted by Gasteiger charge is -2.09. The van der Waals surface area contributed by atoms with Gasteiger partial charge in [-0.1, -0.05) is 48.5 Å². The van der Waals surface area contributed by atoms with Crippen LogP contribution in [0.5, 0.6) is 0 Å². The molecule has 5 aromatic rings. The molecular weight excluding hydrogens is 380 g/mol. The molecule has 6 nitrogen and oxygen atoms in total. The van der Waals surface area contributed by atoms with Gasteiger partial charge in [0.15, 0.2) is 6.10 Å². The second-order valence-electron chi connectivity index (χ2n) is 7.04. The van der Waals surface area contributed by atoms with Crippen molar-refractivity contribution < 1.29 is 18.4 Å². The molecule has 3 aromatic carbocycles. The molecule has 0 saturated heterocycles. The molecule has 0 fully saturated rings. The van der Waals surface area contributed by atoms with E-state index < -0.39 is 12.1 Å². The minimum atomic E-state index is -0.655. The number of furan rings is 1. The number of carbonyl (C=O) groups excluding carboxylic acids is 1. The van der Waals surface area contributed by atoms with Gasteiger partial charge in [0, 0.05) is 16.5 Å². The fraction of sp³-hybridized carbons (Fsp3) is 0.125. The third-order valence-electron chi connectivity index (χ3n) is 4.99. The van der Waals surface area contributed by atoms with Gasteiger partial charge in [-0.3, -0.25) is 4.79 Å². The Labute approximate surface area is 172 Å². The fourth-order valence-corrected chi connectivity index (χ4v) is 3.55. The largest absolute Gasteiger partial charge is 0.464 e. The molecule has 0 aliphatic carbocycles. The van der Waals surface area contributed by atoms with Crippen LogP contribution in [0.1, 0.15) is 24.5 Å². The van der Waals surface area contributed by atoms with E-state index in [0.29, 0.717) is 5.89 Å². The van der Waals surface area contributed by atoms with Crippen molar-refractivity contribution in [1.82, 2.24) is 10.2 Å². The average molecular weight is 398 g/mol. The maximum atomic E-state index is 12.6. The second kappa shape index (κ2) is 7.48. The van der Waals surface area contributed by atoms with E-state index in [2.05, 4.69) is 10.2 Å². The van der Waals surface area contributed by atoms with Crippen molar-refractivity contribution in [2.45, 2.75) is 19.4 Å². The summed E-state index contributed by atoms with van der Waals surface area (Å²) in [6.45, 7) is 1.71. The van der Waals surface area contributed by atoms with Crippen LogP contribution in [0.4, 0.5) is 0 Å². The van der Waals surface area contributed by atoms with Crippen LogP contribution in [0.15, 0.2) is 81.8 Å². The quantitative estimate of drug-likeness (QED) is 0.365. The van der Waals surface area contributed by atoms with Gasteiger partial charge >= 0.3 is 5.97 Å². The first-order valence-corrected chi connectivity index (χ1v) is 9.65. The number of nitrogens with zero attached hydrogens (tertiary/aromatic N) is 2. The van der Waals surface area contributed by atoms with Crippen LogP contribution >= 0.6 is 0 Å². The zero-order valence-electron chi connectivity index (χ0n) is 16.2. The first kappa shape index (κ1) is 18.1. The van der Waals surface area contributed by atoms with E-state index in [4.69, 9.17) is 13.6 Å². The zero-order chi connectivity index (χ0) is 20.5. The SMILES string of the molecule is C[C@H](OC(=O)Cc1coc2ccc3ccccc3c12)c1nnc(-c2ccccc2)o1. The van der Waals surface area contributed by atoms with Crippen LogP contribution in [0, 0.1) is 0 Å². The van der Waals surface area contributed by atoms with Crippen molar-refractivity contribution in [2.24, 2.45) is 0 Å². The predicted molar refractivity (Wildman–Crippen MR) is 112 cm³/mol. The lowest BCUT2D eigenvalue weighted by Crippen LogP contribution is -2.11. The van der Waals surface area contributed by atoms with Gasteiger partial charge in [0.1, 0.15) is 5.58 Å². The van der Waals surface area contributed by atoms with Gasteiger partial charge < -0.3 is 13.6 Å². The first-order valence-electron chi connectivity index (χ1n) is 9.65. The van der Waals surface area contributed by atoms with Crippen molar-refractivity contribution in [2.75, 3.05) is 0 Å². The Morgan fingerprint density at radius 3 is 2.67 bits per heavy atom. The highest BCUT2D eigenvalue weighted by atomic mass is 16.6. The molecule has 30 heavy (non-hydrogen) atoms. The van der Waals surface area contributed by atoms with Gasteiger partial charge in [-0.25, -0.2) is 0 Å². The topological polar surface area (TPSA) is 78.4 Å². The van der Waals surface area contributed by atoms with Gasteiger partial charge in [0.2, 0.25) is 5.89 Å². The summed E-state index contributed by atoms with van der Waals surface area (Å²) in [5.74, 6) is 0.253. The van der Waals surface area contributed by atoms with E-state index in [1.165, 1.54) is 0 Å². The lowest BCUT2D eigenvalue weighted by atomic mass is 10.0. The number of carbonyl (C=O) groups is 1. The highest BCUT2D eigenvalue weighted by Crippen LogP contribution is 2.30. The third-order valence-corrected chi connectivity index (χ3v) is 4.99. The minimum absolute atomic E-state index is 0.0883. The number of hydrogen-bond acceptors (Lipinski definition) is 6.